The van der Waals surface area contributed by atoms with Crippen molar-refractivity contribution in [3.05, 3.63) is 70.0 Å². The molecule has 0 aliphatic carbocycles. The van der Waals surface area contributed by atoms with Gasteiger partial charge in [0.05, 0.1) is 17.0 Å². The Labute approximate surface area is 163 Å². The van der Waals surface area contributed by atoms with E-state index in [0.29, 0.717) is 18.5 Å². The van der Waals surface area contributed by atoms with Crippen molar-refractivity contribution in [2.75, 3.05) is 13.2 Å². The van der Waals surface area contributed by atoms with Crippen molar-refractivity contribution in [3.8, 4) is 0 Å². The molecule has 3 aromatic rings. The molecule has 0 saturated carbocycles. The van der Waals surface area contributed by atoms with E-state index >= 15 is 0 Å². The molecular weight excluding hydrogens is 354 g/mol. The summed E-state index contributed by atoms with van der Waals surface area (Å²) in [6.07, 6.45) is 2.05. The quantitative estimate of drug-likeness (QED) is 0.716. The molecule has 2 aromatic carbocycles. The van der Waals surface area contributed by atoms with Gasteiger partial charge in [-0.1, -0.05) is 36.4 Å². The molecule has 28 heavy (non-hydrogen) atoms. The number of fused-ring (bicyclic) bond motifs is 1. The summed E-state index contributed by atoms with van der Waals surface area (Å²) >= 11 is 0. The SMILES string of the molecule is Cc1ccccc1CN(C[C@@H]1CCCO1)C(=O)Cn1[nH]c2ccccc2c1=O. The second-order valence-corrected chi connectivity index (χ2v) is 7.38. The third kappa shape index (κ3) is 3.87. The van der Waals surface area contributed by atoms with Gasteiger partial charge in [-0.15, -0.1) is 0 Å². The molecule has 0 spiro atoms. The number of aromatic nitrogens is 2. The largest absolute Gasteiger partial charge is 0.376 e. The Bertz CT molecular complexity index is 1030. The molecule has 6 nitrogen and oxygen atoms in total. The molecule has 0 bridgehead atoms. The standard InChI is InChI=1S/C22H25N3O3/c1-16-7-2-3-8-17(16)13-24(14-18-9-6-12-28-18)21(26)15-25-22(27)19-10-4-5-11-20(19)23-25/h2-5,7-8,10-11,18,23H,6,9,12-15H2,1H3/t18-/m0/s1. The van der Waals surface area contributed by atoms with Gasteiger partial charge in [0.2, 0.25) is 5.91 Å². The molecule has 6 heteroatoms. The summed E-state index contributed by atoms with van der Waals surface area (Å²) in [5.74, 6) is -0.0904. The number of carbonyl (C=O) groups excluding carboxylic acids is 1. The average Bonchev–Trinajstić information content (AvgIpc) is 3.31. The van der Waals surface area contributed by atoms with E-state index in [1.165, 1.54) is 4.68 Å². The lowest BCUT2D eigenvalue weighted by Gasteiger charge is -2.26. The zero-order valence-electron chi connectivity index (χ0n) is 16.1. The number of nitrogens with zero attached hydrogens (tertiary/aromatic N) is 2. The number of aryl methyl sites for hydroxylation is 1. The zero-order chi connectivity index (χ0) is 19.5. The highest BCUT2D eigenvalue weighted by molar-refractivity contribution is 5.79. The maximum absolute atomic E-state index is 13.1. The first kappa shape index (κ1) is 18.5. The van der Waals surface area contributed by atoms with Crippen LogP contribution in [0.2, 0.25) is 0 Å². The molecule has 1 saturated heterocycles. The summed E-state index contributed by atoms with van der Waals surface area (Å²) in [6, 6.07) is 15.4. The molecule has 1 N–H and O–H groups in total. The lowest BCUT2D eigenvalue weighted by atomic mass is 10.1. The Hall–Kier alpha value is -2.86. The number of H-pyrrole nitrogens is 1. The molecule has 1 aliphatic rings. The summed E-state index contributed by atoms with van der Waals surface area (Å²) in [7, 11) is 0. The van der Waals surface area contributed by atoms with Crippen LogP contribution >= 0.6 is 0 Å². The van der Waals surface area contributed by atoms with Gasteiger partial charge in [-0.3, -0.25) is 14.7 Å². The minimum absolute atomic E-state index is 0.00782. The van der Waals surface area contributed by atoms with E-state index in [0.717, 1.165) is 36.1 Å². The highest BCUT2D eigenvalue weighted by Gasteiger charge is 2.24. The number of amides is 1. The summed E-state index contributed by atoms with van der Waals surface area (Å²) in [5, 5.41) is 3.64. The summed E-state index contributed by atoms with van der Waals surface area (Å²) in [4.78, 5) is 27.5. The van der Waals surface area contributed by atoms with E-state index < -0.39 is 0 Å². The molecule has 1 fully saturated rings. The Balaban J connectivity index is 1.57. The Morgan fingerprint density at radius 2 is 2.00 bits per heavy atom. The number of hydrogen-bond donors (Lipinski definition) is 1. The van der Waals surface area contributed by atoms with Crippen LogP contribution in [0, 0.1) is 6.92 Å². The van der Waals surface area contributed by atoms with Crippen LogP contribution in [-0.2, 0) is 22.6 Å². The minimum Gasteiger partial charge on any atom is -0.376 e. The molecule has 0 radical (unpaired) electrons. The third-order valence-corrected chi connectivity index (χ3v) is 5.37. The Morgan fingerprint density at radius 1 is 1.21 bits per heavy atom. The van der Waals surface area contributed by atoms with E-state index in [9.17, 15) is 9.59 Å². The number of benzene rings is 2. The molecular formula is C22H25N3O3. The predicted octanol–water partition coefficient (Wildman–Crippen LogP) is 2.85. The molecule has 2 heterocycles. The molecule has 146 valence electrons. The summed E-state index contributed by atoms with van der Waals surface area (Å²) in [6.45, 7) is 3.85. The van der Waals surface area contributed by atoms with Gasteiger partial charge in [-0.25, -0.2) is 4.68 Å². The van der Waals surface area contributed by atoms with Gasteiger partial charge in [-0.2, -0.15) is 0 Å². The number of rotatable bonds is 6. The fourth-order valence-corrected chi connectivity index (χ4v) is 3.74. The number of nitrogens with one attached hydrogen (secondary N) is 1. The fraction of sp³-hybridized carbons (Fsp3) is 0.364. The van der Waals surface area contributed by atoms with Gasteiger partial charge in [0.15, 0.2) is 0 Å². The van der Waals surface area contributed by atoms with Crippen LogP contribution in [0.25, 0.3) is 10.9 Å². The molecule has 1 aliphatic heterocycles. The molecule has 0 unspecified atom stereocenters. The van der Waals surface area contributed by atoms with Gasteiger partial charge < -0.3 is 9.64 Å². The number of ether oxygens (including phenoxy) is 1. The number of hydrogen-bond acceptors (Lipinski definition) is 3. The van der Waals surface area contributed by atoms with E-state index in [4.69, 9.17) is 4.74 Å². The van der Waals surface area contributed by atoms with Gasteiger partial charge in [0.25, 0.3) is 5.56 Å². The number of para-hydroxylation sites is 1. The van der Waals surface area contributed by atoms with Gasteiger partial charge in [0, 0.05) is 19.7 Å². The Morgan fingerprint density at radius 3 is 2.75 bits per heavy atom. The van der Waals surface area contributed by atoms with Crippen molar-refractivity contribution in [1.82, 2.24) is 14.7 Å². The molecule has 1 amide bonds. The van der Waals surface area contributed by atoms with Crippen LogP contribution in [0.5, 0.6) is 0 Å². The summed E-state index contributed by atoms with van der Waals surface area (Å²) in [5.41, 5.74) is 2.83. The maximum Gasteiger partial charge on any atom is 0.274 e. The fourth-order valence-electron chi connectivity index (χ4n) is 3.74. The smallest absolute Gasteiger partial charge is 0.274 e. The second-order valence-electron chi connectivity index (χ2n) is 7.38. The van der Waals surface area contributed by atoms with Crippen LogP contribution in [0.1, 0.15) is 24.0 Å². The van der Waals surface area contributed by atoms with Crippen molar-refractivity contribution in [1.29, 1.82) is 0 Å². The third-order valence-electron chi connectivity index (χ3n) is 5.37. The van der Waals surface area contributed by atoms with Crippen LogP contribution in [0.3, 0.4) is 0 Å². The zero-order valence-corrected chi connectivity index (χ0v) is 16.1. The van der Waals surface area contributed by atoms with Gasteiger partial charge in [0.1, 0.15) is 6.54 Å². The van der Waals surface area contributed by atoms with Gasteiger partial charge in [-0.05, 0) is 43.0 Å². The van der Waals surface area contributed by atoms with Crippen molar-refractivity contribution in [3.63, 3.8) is 0 Å². The topological polar surface area (TPSA) is 67.3 Å². The normalized spacial score (nSPS) is 16.5. The predicted molar refractivity (Wildman–Crippen MR) is 108 cm³/mol. The van der Waals surface area contributed by atoms with Crippen LogP contribution < -0.4 is 5.56 Å². The van der Waals surface area contributed by atoms with E-state index in [1.54, 1.807) is 6.07 Å². The highest BCUT2D eigenvalue weighted by Crippen LogP contribution is 2.17. The van der Waals surface area contributed by atoms with Crippen molar-refractivity contribution in [2.45, 2.75) is 39.0 Å². The molecule has 1 aromatic heterocycles. The molecule has 1 atom stereocenters. The van der Waals surface area contributed by atoms with E-state index in [1.807, 2.05) is 54.3 Å². The monoisotopic (exact) mass is 379 g/mol. The Kier molecular flexibility index (Phi) is 5.30. The average molecular weight is 379 g/mol. The van der Waals surface area contributed by atoms with Gasteiger partial charge >= 0.3 is 0 Å². The second kappa shape index (κ2) is 8.02. The van der Waals surface area contributed by atoms with Crippen molar-refractivity contribution in [2.24, 2.45) is 0 Å². The first-order valence-electron chi connectivity index (χ1n) is 9.73. The lowest BCUT2D eigenvalue weighted by molar-refractivity contribution is -0.134. The highest BCUT2D eigenvalue weighted by atomic mass is 16.5. The maximum atomic E-state index is 13.1. The van der Waals surface area contributed by atoms with E-state index in [2.05, 4.69) is 5.10 Å². The minimum atomic E-state index is -0.170. The number of carbonyl (C=O) groups is 1. The van der Waals surface area contributed by atoms with E-state index in [-0.39, 0.29) is 24.1 Å². The van der Waals surface area contributed by atoms with Crippen molar-refractivity contribution < 1.29 is 9.53 Å². The van der Waals surface area contributed by atoms with Crippen molar-refractivity contribution >= 4 is 16.8 Å². The lowest BCUT2D eigenvalue weighted by Crippen LogP contribution is -2.40. The summed E-state index contributed by atoms with van der Waals surface area (Å²) < 4.78 is 7.15. The first-order chi connectivity index (χ1) is 13.6. The van der Waals surface area contributed by atoms with Crippen LogP contribution in [0.4, 0.5) is 0 Å². The number of aromatic amines is 1. The van der Waals surface area contributed by atoms with Crippen LogP contribution in [-0.4, -0.2) is 39.8 Å². The molecule has 4 rings (SSSR count). The first-order valence-corrected chi connectivity index (χ1v) is 9.73. The van der Waals surface area contributed by atoms with Crippen LogP contribution in [0.15, 0.2) is 53.3 Å².